The fourth-order valence-electron chi connectivity index (χ4n) is 3.11. The van der Waals surface area contributed by atoms with Gasteiger partial charge in [-0.05, 0) is 24.7 Å². The van der Waals surface area contributed by atoms with E-state index in [4.69, 9.17) is 0 Å². The van der Waals surface area contributed by atoms with Crippen molar-refractivity contribution in [2.45, 2.75) is 58.0 Å². The molecule has 3 atom stereocenters. The van der Waals surface area contributed by atoms with Crippen molar-refractivity contribution >= 4 is 29.4 Å². The number of hydrogen-bond acceptors (Lipinski definition) is 4. The maximum atomic E-state index is 12.8. The molecule has 1 amide bonds. The van der Waals surface area contributed by atoms with E-state index in [-0.39, 0.29) is 12.2 Å². The van der Waals surface area contributed by atoms with E-state index in [2.05, 4.69) is 37.9 Å². The SMILES string of the molecule is CC(C)CC1NC(CC(C)C)N(CC2CSCCS2)C1=O. The van der Waals surface area contributed by atoms with Crippen LogP contribution in [0.5, 0.6) is 0 Å². The van der Waals surface area contributed by atoms with Gasteiger partial charge < -0.3 is 4.90 Å². The Morgan fingerprint density at radius 1 is 1.19 bits per heavy atom. The van der Waals surface area contributed by atoms with Crippen molar-refractivity contribution in [2.24, 2.45) is 11.8 Å². The van der Waals surface area contributed by atoms with Crippen molar-refractivity contribution in [3.8, 4) is 0 Å². The lowest BCUT2D eigenvalue weighted by Gasteiger charge is -2.30. The van der Waals surface area contributed by atoms with Crippen molar-refractivity contribution < 1.29 is 4.79 Å². The van der Waals surface area contributed by atoms with E-state index in [1.54, 1.807) is 0 Å². The molecule has 0 saturated carbocycles. The Kier molecular flexibility index (Phi) is 6.76. The molecule has 2 rings (SSSR count). The van der Waals surface area contributed by atoms with Gasteiger partial charge in [0, 0.05) is 29.1 Å². The highest BCUT2D eigenvalue weighted by atomic mass is 32.2. The molecule has 0 aromatic rings. The number of rotatable bonds is 6. The molecule has 1 N–H and O–H groups in total. The van der Waals surface area contributed by atoms with Gasteiger partial charge in [0.2, 0.25) is 5.91 Å². The van der Waals surface area contributed by atoms with Gasteiger partial charge in [-0.15, -0.1) is 0 Å². The van der Waals surface area contributed by atoms with E-state index in [0.717, 1.165) is 19.4 Å². The Hall–Kier alpha value is 0.130. The molecule has 2 heterocycles. The van der Waals surface area contributed by atoms with Crippen molar-refractivity contribution in [1.82, 2.24) is 10.2 Å². The zero-order chi connectivity index (χ0) is 15.4. The lowest BCUT2D eigenvalue weighted by atomic mass is 10.0. The van der Waals surface area contributed by atoms with Crippen LogP contribution in [0.4, 0.5) is 0 Å². The smallest absolute Gasteiger partial charge is 0.241 e. The molecule has 3 nitrogen and oxygen atoms in total. The summed E-state index contributed by atoms with van der Waals surface area (Å²) < 4.78 is 0. The molecule has 2 fully saturated rings. The highest BCUT2D eigenvalue weighted by Gasteiger charge is 2.40. The topological polar surface area (TPSA) is 32.3 Å². The van der Waals surface area contributed by atoms with E-state index in [0.29, 0.717) is 23.0 Å². The fourth-order valence-corrected chi connectivity index (χ4v) is 5.77. The maximum Gasteiger partial charge on any atom is 0.241 e. The molecular weight excluding hydrogens is 300 g/mol. The number of nitrogens with one attached hydrogen (secondary N) is 1. The summed E-state index contributed by atoms with van der Waals surface area (Å²) in [7, 11) is 0. The van der Waals surface area contributed by atoms with Crippen molar-refractivity contribution in [3.63, 3.8) is 0 Å². The molecular formula is C16H30N2OS2. The predicted octanol–water partition coefficient (Wildman–Crippen LogP) is 3.05. The van der Waals surface area contributed by atoms with Gasteiger partial charge in [-0.25, -0.2) is 0 Å². The van der Waals surface area contributed by atoms with E-state index < -0.39 is 0 Å². The molecule has 0 aromatic heterocycles. The molecule has 2 saturated heterocycles. The van der Waals surface area contributed by atoms with Gasteiger partial charge in [-0.2, -0.15) is 23.5 Å². The second-order valence-electron chi connectivity index (χ2n) is 7.05. The van der Waals surface area contributed by atoms with E-state index >= 15 is 0 Å². The molecule has 0 spiro atoms. The number of carbonyl (C=O) groups is 1. The zero-order valence-corrected chi connectivity index (χ0v) is 15.4. The monoisotopic (exact) mass is 330 g/mol. The lowest BCUT2D eigenvalue weighted by Crippen LogP contribution is -2.43. The average Bonchev–Trinajstić information content (AvgIpc) is 2.67. The third kappa shape index (κ3) is 5.07. The highest BCUT2D eigenvalue weighted by molar-refractivity contribution is 8.06. The molecule has 2 aliphatic rings. The molecule has 122 valence electrons. The summed E-state index contributed by atoms with van der Waals surface area (Å²) in [4.78, 5) is 14.9. The van der Waals surface area contributed by atoms with Gasteiger partial charge in [-0.3, -0.25) is 10.1 Å². The number of thioether (sulfide) groups is 2. The van der Waals surface area contributed by atoms with Crippen LogP contribution in [0.2, 0.25) is 0 Å². The largest absolute Gasteiger partial charge is 0.325 e. The van der Waals surface area contributed by atoms with Crippen LogP contribution >= 0.6 is 23.5 Å². The average molecular weight is 331 g/mol. The maximum absolute atomic E-state index is 12.8. The zero-order valence-electron chi connectivity index (χ0n) is 13.8. The minimum Gasteiger partial charge on any atom is -0.325 e. The van der Waals surface area contributed by atoms with Crippen LogP contribution in [0.25, 0.3) is 0 Å². The summed E-state index contributed by atoms with van der Waals surface area (Å²) in [6.07, 6.45) is 2.26. The first-order valence-electron chi connectivity index (χ1n) is 8.23. The third-order valence-corrected chi connectivity index (χ3v) is 6.87. The summed E-state index contributed by atoms with van der Waals surface area (Å²) in [6, 6.07) is 0.0370. The highest BCUT2D eigenvalue weighted by Crippen LogP contribution is 2.28. The lowest BCUT2D eigenvalue weighted by molar-refractivity contribution is -0.130. The molecule has 0 radical (unpaired) electrons. The Morgan fingerprint density at radius 3 is 2.48 bits per heavy atom. The van der Waals surface area contributed by atoms with Crippen LogP contribution in [0.15, 0.2) is 0 Å². The van der Waals surface area contributed by atoms with Gasteiger partial charge in [0.25, 0.3) is 0 Å². The number of nitrogens with zero attached hydrogens (tertiary/aromatic N) is 1. The first kappa shape index (κ1) is 17.5. The van der Waals surface area contributed by atoms with Gasteiger partial charge in [0.05, 0.1) is 12.2 Å². The van der Waals surface area contributed by atoms with Crippen LogP contribution in [0.1, 0.15) is 40.5 Å². The molecule has 3 unspecified atom stereocenters. The van der Waals surface area contributed by atoms with Crippen molar-refractivity contribution in [1.29, 1.82) is 0 Å². The fraction of sp³-hybridized carbons (Fsp3) is 0.938. The molecule has 21 heavy (non-hydrogen) atoms. The predicted molar refractivity (Wildman–Crippen MR) is 94.9 cm³/mol. The Bertz CT molecular complexity index is 343. The van der Waals surface area contributed by atoms with E-state index in [1.165, 1.54) is 17.3 Å². The van der Waals surface area contributed by atoms with Crippen LogP contribution in [-0.4, -0.2) is 52.1 Å². The molecule has 0 aromatic carbocycles. The van der Waals surface area contributed by atoms with Crippen LogP contribution in [0.3, 0.4) is 0 Å². The molecule has 0 aliphatic carbocycles. The number of hydrogen-bond donors (Lipinski definition) is 1. The summed E-state index contributed by atoms with van der Waals surface area (Å²) >= 11 is 4.08. The first-order chi connectivity index (χ1) is 9.97. The van der Waals surface area contributed by atoms with Gasteiger partial charge in [-0.1, -0.05) is 27.7 Å². The summed E-state index contributed by atoms with van der Waals surface area (Å²) in [6.45, 7) is 9.80. The van der Waals surface area contributed by atoms with Gasteiger partial charge in [0.15, 0.2) is 0 Å². The van der Waals surface area contributed by atoms with Crippen LogP contribution in [0, 0.1) is 11.8 Å². The van der Waals surface area contributed by atoms with Gasteiger partial charge >= 0.3 is 0 Å². The minimum absolute atomic E-state index is 0.0370. The quantitative estimate of drug-likeness (QED) is 0.811. The second kappa shape index (κ2) is 8.11. The van der Waals surface area contributed by atoms with Gasteiger partial charge in [0.1, 0.15) is 0 Å². The normalized spacial score (nSPS) is 30.7. The Balaban J connectivity index is 2.00. The summed E-state index contributed by atoms with van der Waals surface area (Å²) in [5.41, 5.74) is 0. The van der Waals surface area contributed by atoms with E-state index in [9.17, 15) is 4.79 Å². The van der Waals surface area contributed by atoms with E-state index in [1.807, 2.05) is 23.5 Å². The number of amides is 1. The molecule has 0 bridgehead atoms. The molecule has 2 aliphatic heterocycles. The first-order valence-corrected chi connectivity index (χ1v) is 10.4. The summed E-state index contributed by atoms with van der Waals surface area (Å²) in [5, 5.41) is 4.22. The third-order valence-electron chi connectivity index (χ3n) is 4.04. The van der Waals surface area contributed by atoms with Crippen LogP contribution < -0.4 is 5.32 Å². The Morgan fingerprint density at radius 2 is 1.90 bits per heavy atom. The minimum atomic E-state index is 0.0370. The Labute approximate surface area is 138 Å². The standard InChI is InChI=1S/C16H30N2OS2/c1-11(2)7-14-16(19)18(15(17-14)8-12(3)4)9-13-10-20-5-6-21-13/h11-15,17H,5-10H2,1-4H3. The van der Waals surface area contributed by atoms with Crippen LogP contribution in [-0.2, 0) is 4.79 Å². The van der Waals surface area contributed by atoms with Crippen molar-refractivity contribution in [3.05, 3.63) is 0 Å². The number of carbonyl (C=O) groups excluding carboxylic acids is 1. The van der Waals surface area contributed by atoms with Crippen molar-refractivity contribution in [2.75, 3.05) is 23.8 Å². The molecule has 5 heteroatoms. The summed E-state index contributed by atoms with van der Waals surface area (Å²) in [5.74, 6) is 5.20. The second-order valence-corrected chi connectivity index (χ2v) is 9.61.